The van der Waals surface area contributed by atoms with Gasteiger partial charge in [0.25, 0.3) is 0 Å². The Bertz CT molecular complexity index is 1350. The highest BCUT2D eigenvalue weighted by Crippen LogP contribution is 2.45. The van der Waals surface area contributed by atoms with Gasteiger partial charge in [-0.2, -0.15) is 17.5 Å². The molecular formula is C23H26F3N5O3S. The van der Waals surface area contributed by atoms with Crippen molar-refractivity contribution in [1.82, 2.24) is 15.0 Å². The smallest absolute Gasteiger partial charge is 0.431 e. The van der Waals surface area contributed by atoms with Crippen molar-refractivity contribution in [2.24, 2.45) is 16.2 Å². The number of ether oxygens (including phenoxy) is 2. The first-order valence-corrected chi connectivity index (χ1v) is 13.6. The first kappa shape index (κ1) is 23.9. The molecule has 0 unspecified atom stereocenters. The molecule has 1 aromatic carbocycles. The molecule has 8 nitrogen and oxygen atoms in total. The highest BCUT2D eigenvalue weighted by molar-refractivity contribution is 7.92. The maximum Gasteiger partial charge on any atom is 0.431 e. The molecule has 1 fully saturated rings. The number of aromatic nitrogens is 3. The van der Waals surface area contributed by atoms with Crippen LogP contribution in [0.3, 0.4) is 0 Å². The van der Waals surface area contributed by atoms with Crippen LogP contribution in [0.25, 0.3) is 11.0 Å². The lowest BCUT2D eigenvalue weighted by Crippen LogP contribution is -2.38. The fraction of sp³-hybridized carbons (Fsp3) is 0.478. The molecule has 2 aliphatic rings. The molecule has 12 heteroatoms. The Balaban J connectivity index is 1.56. The average Bonchev–Trinajstić information content (AvgIpc) is 3.25. The van der Waals surface area contributed by atoms with Crippen molar-refractivity contribution in [3.8, 4) is 5.75 Å². The van der Waals surface area contributed by atoms with Crippen molar-refractivity contribution in [3.05, 3.63) is 41.9 Å². The van der Waals surface area contributed by atoms with Gasteiger partial charge in [-0.15, -0.1) is 0 Å². The van der Waals surface area contributed by atoms with E-state index in [1.807, 2.05) is 6.07 Å². The predicted molar refractivity (Wildman–Crippen MR) is 126 cm³/mol. The summed E-state index contributed by atoms with van der Waals surface area (Å²) in [6, 6.07) is 6.17. The van der Waals surface area contributed by atoms with Gasteiger partial charge in [0.2, 0.25) is 0 Å². The molecule has 0 bridgehead atoms. The summed E-state index contributed by atoms with van der Waals surface area (Å²) in [5, 5.41) is 3.68. The summed E-state index contributed by atoms with van der Waals surface area (Å²) in [6.45, 7) is 1.73. The van der Waals surface area contributed by atoms with Crippen molar-refractivity contribution in [1.29, 1.82) is 0 Å². The Hall–Kier alpha value is -2.86. The molecule has 0 aliphatic carbocycles. The minimum absolute atomic E-state index is 0.0433. The van der Waals surface area contributed by atoms with E-state index < -0.39 is 21.6 Å². The third kappa shape index (κ3) is 5.08. The zero-order valence-electron chi connectivity index (χ0n) is 19.3. The van der Waals surface area contributed by atoms with E-state index in [0.29, 0.717) is 43.0 Å². The van der Waals surface area contributed by atoms with Gasteiger partial charge in [-0.3, -0.25) is 0 Å². The van der Waals surface area contributed by atoms with E-state index in [-0.39, 0.29) is 23.0 Å². The van der Waals surface area contributed by atoms with Gasteiger partial charge >= 0.3 is 6.18 Å². The van der Waals surface area contributed by atoms with Crippen LogP contribution in [0.4, 0.5) is 24.7 Å². The molecule has 2 atom stereocenters. The molecule has 0 amide bonds. The zero-order valence-corrected chi connectivity index (χ0v) is 20.1. The standard InChI is InChI=1S/C23H26F3N5O3S/c1-35(2,32)31-14-3-4-15-18(9-14)34-11-17(13-5-7-33-8-6-13)20(15)30-22-16-10-19(23(24,25)26)29-21(16)27-12-28-22/h3-4,9-10,12-13,17,20H,5-8,11H2,1-2H3,(H2,27,28,29,30)/t17-,20+/m1/s1. The van der Waals surface area contributed by atoms with Crippen molar-refractivity contribution in [3.63, 3.8) is 0 Å². The summed E-state index contributed by atoms with van der Waals surface area (Å²) in [4.78, 5) is 10.6. The lowest BCUT2D eigenvalue weighted by molar-refractivity contribution is -0.140. The Morgan fingerprint density at radius 1 is 1.17 bits per heavy atom. The maximum absolute atomic E-state index is 13.3. The number of H-pyrrole nitrogens is 1. The number of halogens is 3. The van der Waals surface area contributed by atoms with Gasteiger partial charge in [0.15, 0.2) is 0 Å². The fourth-order valence-electron chi connectivity index (χ4n) is 4.82. The van der Waals surface area contributed by atoms with E-state index in [0.717, 1.165) is 24.5 Å². The minimum Gasteiger partial charge on any atom is -0.493 e. The Kier molecular flexibility index (Phi) is 6.12. The lowest BCUT2D eigenvalue weighted by Gasteiger charge is -2.40. The van der Waals surface area contributed by atoms with Gasteiger partial charge in [-0.25, -0.2) is 14.2 Å². The number of nitrogens with one attached hydrogen (secondary N) is 2. The van der Waals surface area contributed by atoms with Crippen LogP contribution in [0.15, 0.2) is 35.0 Å². The number of hydrogen-bond acceptors (Lipinski definition) is 7. The van der Waals surface area contributed by atoms with E-state index in [4.69, 9.17) is 9.47 Å². The summed E-state index contributed by atoms with van der Waals surface area (Å²) < 4.78 is 68.0. The van der Waals surface area contributed by atoms with Crippen molar-refractivity contribution in [2.45, 2.75) is 25.1 Å². The van der Waals surface area contributed by atoms with Crippen molar-refractivity contribution < 1.29 is 26.9 Å². The minimum atomic E-state index is -4.52. The first-order valence-electron chi connectivity index (χ1n) is 11.3. The van der Waals surface area contributed by atoms with Crippen LogP contribution in [-0.2, 0) is 20.6 Å². The number of benzene rings is 1. The molecule has 4 heterocycles. The monoisotopic (exact) mass is 509 g/mol. The van der Waals surface area contributed by atoms with Crippen LogP contribution in [0.2, 0.25) is 0 Å². The highest BCUT2D eigenvalue weighted by Gasteiger charge is 2.38. The fourth-order valence-corrected chi connectivity index (χ4v) is 5.44. The van der Waals surface area contributed by atoms with E-state index in [1.54, 1.807) is 24.6 Å². The van der Waals surface area contributed by atoms with Crippen LogP contribution >= 0.6 is 0 Å². The highest BCUT2D eigenvalue weighted by atomic mass is 32.2. The second-order valence-corrected chi connectivity index (χ2v) is 11.8. The van der Waals surface area contributed by atoms with E-state index in [1.165, 1.54) is 6.33 Å². The number of aromatic amines is 1. The second kappa shape index (κ2) is 8.98. The average molecular weight is 510 g/mol. The van der Waals surface area contributed by atoms with Gasteiger partial charge < -0.3 is 19.8 Å². The second-order valence-electron chi connectivity index (χ2n) is 9.21. The molecule has 2 N–H and O–H groups in total. The molecule has 1 saturated heterocycles. The van der Waals surface area contributed by atoms with Crippen LogP contribution in [-0.4, -0.2) is 51.5 Å². The van der Waals surface area contributed by atoms with Crippen molar-refractivity contribution >= 4 is 32.3 Å². The molecule has 35 heavy (non-hydrogen) atoms. The quantitative estimate of drug-likeness (QED) is 0.518. The van der Waals surface area contributed by atoms with E-state index >= 15 is 0 Å². The third-order valence-corrected chi connectivity index (χ3v) is 7.06. The van der Waals surface area contributed by atoms with Gasteiger partial charge in [0.05, 0.1) is 23.7 Å². The summed E-state index contributed by atoms with van der Waals surface area (Å²) in [7, 11) is -2.35. The molecule has 0 spiro atoms. The molecule has 0 radical (unpaired) electrons. The summed E-state index contributed by atoms with van der Waals surface area (Å²) >= 11 is 0. The maximum atomic E-state index is 13.3. The molecule has 2 aliphatic heterocycles. The largest absolute Gasteiger partial charge is 0.493 e. The topological polar surface area (TPSA) is 101 Å². The summed E-state index contributed by atoms with van der Waals surface area (Å²) in [5.74, 6) is 1.27. The summed E-state index contributed by atoms with van der Waals surface area (Å²) in [5.41, 5.74) is 0.633. The molecular weight excluding hydrogens is 483 g/mol. The van der Waals surface area contributed by atoms with Crippen LogP contribution in [0, 0.1) is 11.8 Å². The number of anilines is 1. The predicted octanol–water partition coefficient (Wildman–Crippen LogP) is 4.92. The SMILES string of the molecule is CS(C)(=O)=Nc1ccc2c(c1)OC[C@H](C1CCOCC1)[C@H]2Nc1ncnc2[nH]c(C(F)(F)F)cc12. The van der Waals surface area contributed by atoms with Crippen LogP contribution < -0.4 is 10.1 Å². The van der Waals surface area contributed by atoms with Gasteiger partial charge in [0.1, 0.15) is 29.2 Å². The Labute approximate surface area is 200 Å². The molecule has 0 saturated carbocycles. The molecule has 5 rings (SSSR count). The molecule has 3 aromatic rings. The van der Waals surface area contributed by atoms with Gasteiger partial charge in [-0.1, -0.05) is 6.07 Å². The molecule has 188 valence electrons. The number of hydrogen-bond donors (Lipinski definition) is 2. The van der Waals surface area contributed by atoms with E-state index in [9.17, 15) is 17.4 Å². The Morgan fingerprint density at radius 2 is 1.94 bits per heavy atom. The number of nitrogens with zero attached hydrogens (tertiary/aromatic N) is 3. The van der Waals surface area contributed by atoms with Gasteiger partial charge in [0, 0.05) is 53.0 Å². The van der Waals surface area contributed by atoms with Crippen LogP contribution in [0.5, 0.6) is 5.75 Å². The van der Waals surface area contributed by atoms with Crippen molar-refractivity contribution in [2.75, 3.05) is 37.6 Å². The van der Waals surface area contributed by atoms with E-state index in [2.05, 4.69) is 24.6 Å². The Morgan fingerprint density at radius 3 is 2.66 bits per heavy atom. The zero-order chi connectivity index (χ0) is 24.8. The van der Waals surface area contributed by atoms with Crippen LogP contribution in [0.1, 0.15) is 30.1 Å². The third-order valence-electron chi connectivity index (χ3n) is 6.41. The molecule has 2 aromatic heterocycles. The normalized spacial score (nSPS) is 21.4. The first-order chi connectivity index (χ1) is 16.6. The van der Waals surface area contributed by atoms with Gasteiger partial charge in [-0.05, 0) is 30.9 Å². The number of rotatable bonds is 4. The summed E-state index contributed by atoms with van der Waals surface area (Å²) in [6.07, 6.45) is 1.57. The lowest BCUT2D eigenvalue weighted by atomic mass is 9.77. The number of alkyl halides is 3. The number of fused-ring (bicyclic) bond motifs is 2.